The highest BCUT2D eigenvalue weighted by molar-refractivity contribution is 8.54. The SMILES string of the molecule is C[P+](C)(C)S(=O)(=O)O.[Br-]. The van der Waals surface area contributed by atoms with Gasteiger partial charge in [0.15, 0.2) is 6.46 Å². The minimum Gasteiger partial charge on any atom is -1.00 e. The molecular formula is C3H10BrO3PS. The number of halogens is 1. The molecule has 6 heteroatoms. The van der Waals surface area contributed by atoms with Crippen LogP contribution in [0.25, 0.3) is 0 Å². The molecule has 3 nitrogen and oxygen atoms in total. The quantitative estimate of drug-likeness (QED) is 0.412. The van der Waals surface area contributed by atoms with Gasteiger partial charge in [0.05, 0.1) is 20.0 Å². The zero-order valence-corrected chi connectivity index (χ0v) is 8.79. The Morgan fingerprint density at radius 3 is 1.33 bits per heavy atom. The van der Waals surface area contributed by atoms with Gasteiger partial charge in [-0.15, -0.1) is 0 Å². The van der Waals surface area contributed by atoms with Crippen molar-refractivity contribution in [2.24, 2.45) is 0 Å². The summed E-state index contributed by atoms with van der Waals surface area (Å²) in [7, 11) is -3.73. The molecule has 1 N–H and O–H groups in total. The summed E-state index contributed by atoms with van der Waals surface area (Å²) in [4.78, 5) is 0. The molecule has 0 aliphatic rings. The van der Waals surface area contributed by atoms with E-state index in [-0.39, 0.29) is 17.0 Å². The topological polar surface area (TPSA) is 54.4 Å². The first-order chi connectivity index (χ1) is 3.25. The van der Waals surface area contributed by atoms with E-state index in [0.717, 1.165) is 0 Å². The van der Waals surface area contributed by atoms with Crippen LogP contribution in [0.15, 0.2) is 0 Å². The fraction of sp³-hybridized carbons (Fsp3) is 1.00. The van der Waals surface area contributed by atoms with Crippen LogP contribution in [0.4, 0.5) is 0 Å². The van der Waals surface area contributed by atoms with Crippen molar-refractivity contribution in [1.82, 2.24) is 0 Å². The molecule has 0 radical (unpaired) electrons. The van der Waals surface area contributed by atoms with Gasteiger partial charge in [0.2, 0.25) is 0 Å². The predicted molar refractivity (Wildman–Crippen MR) is 36.2 cm³/mol. The van der Waals surface area contributed by atoms with Crippen molar-refractivity contribution < 1.29 is 30.0 Å². The molecule has 0 bridgehead atoms. The fourth-order valence-electron chi connectivity index (χ4n) is 0. The molecule has 0 aromatic heterocycles. The molecule has 0 aliphatic carbocycles. The second kappa shape index (κ2) is 3.28. The second-order valence-electron chi connectivity index (χ2n) is 2.34. The average molecular weight is 237 g/mol. The minimum atomic E-state index is -3.73. The summed E-state index contributed by atoms with van der Waals surface area (Å²) >= 11 is 0. The molecule has 0 aliphatic heterocycles. The summed E-state index contributed by atoms with van der Waals surface area (Å²) in [6, 6.07) is 0. The van der Waals surface area contributed by atoms with Gasteiger partial charge in [0.25, 0.3) is 0 Å². The summed E-state index contributed by atoms with van der Waals surface area (Å²) in [5.74, 6) is 0. The monoisotopic (exact) mass is 236 g/mol. The van der Waals surface area contributed by atoms with E-state index < -0.39 is 16.2 Å². The lowest BCUT2D eigenvalue weighted by Crippen LogP contribution is -3.00. The van der Waals surface area contributed by atoms with Gasteiger partial charge >= 0.3 is 9.74 Å². The molecule has 0 aromatic rings. The van der Waals surface area contributed by atoms with Gasteiger partial charge < -0.3 is 17.0 Å². The van der Waals surface area contributed by atoms with Crippen LogP contribution in [0.1, 0.15) is 0 Å². The molecule has 9 heavy (non-hydrogen) atoms. The molecule has 0 aromatic carbocycles. The maximum atomic E-state index is 10.3. The van der Waals surface area contributed by atoms with Crippen molar-refractivity contribution in [1.29, 1.82) is 0 Å². The maximum Gasteiger partial charge on any atom is 0.379 e. The van der Waals surface area contributed by atoms with Crippen LogP contribution >= 0.6 is 6.46 Å². The lowest BCUT2D eigenvalue weighted by molar-refractivity contribution is -0.00000572. The molecule has 0 amide bonds. The van der Waals surface area contributed by atoms with Crippen molar-refractivity contribution in [3.8, 4) is 0 Å². The second-order valence-corrected chi connectivity index (χ2v) is 11.7. The normalized spacial score (nSPS) is 12.4. The van der Waals surface area contributed by atoms with Gasteiger partial charge in [-0.1, -0.05) is 0 Å². The molecule has 0 atom stereocenters. The Balaban J connectivity index is 0. The summed E-state index contributed by atoms with van der Waals surface area (Å²) in [6.07, 6.45) is 0. The molecule has 58 valence electrons. The Morgan fingerprint density at radius 2 is 1.33 bits per heavy atom. The fourth-order valence-corrected chi connectivity index (χ4v) is 0. The third kappa shape index (κ3) is 4.25. The molecule has 0 saturated heterocycles. The first-order valence-corrected chi connectivity index (χ1v) is 7.22. The molecule has 0 fully saturated rings. The maximum absolute atomic E-state index is 10.3. The van der Waals surface area contributed by atoms with E-state index in [1.165, 1.54) is 0 Å². The standard InChI is InChI=1S/C3H9O3PS.BrH/c1-7(2,3)8(4,5)6;/h1-3H3;1H. The van der Waals surface area contributed by atoms with Crippen molar-refractivity contribution in [2.75, 3.05) is 20.0 Å². The van der Waals surface area contributed by atoms with E-state index in [9.17, 15) is 8.42 Å². The van der Waals surface area contributed by atoms with Crippen LogP contribution in [0.5, 0.6) is 0 Å². The number of hydrogen-bond donors (Lipinski definition) is 1. The van der Waals surface area contributed by atoms with Crippen molar-refractivity contribution in [3.05, 3.63) is 0 Å². The minimum absolute atomic E-state index is 0. The van der Waals surface area contributed by atoms with Crippen LogP contribution in [-0.4, -0.2) is 33.0 Å². The van der Waals surface area contributed by atoms with Crippen LogP contribution < -0.4 is 17.0 Å². The summed E-state index contributed by atoms with van der Waals surface area (Å²) in [5, 5.41) is 0. The predicted octanol–water partition coefficient (Wildman–Crippen LogP) is -2.30. The van der Waals surface area contributed by atoms with Gasteiger partial charge in [0.1, 0.15) is 0 Å². The van der Waals surface area contributed by atoms with Crippen LogP contribution in [0, 0.1) is 0 Å². The van der Waals surface area contributed by atoms with E-state index in [4.69, 9.17) is 4.55 Å². The van der Waals surface area contributed by atoms with Gasteiger partial charge in [-0.2, -0.15) is 8.42 Å². The Bertz CT molecular complexity index is 168. The zero-order valence-electron chi connectivity index (χ0n) is 5.50. The van der Waals surface area contributed by atoms with Crippen LogP contribution in [0.2, 0.25) is 0 Å². The highest BCUT2D eigenvalue weighted by Crippen LogP contribution is 2.52. The number of rotatable bonds is 1. The van der Waals surface area contributed by atoms with E-state index >= 15 is 0 Å². The van der Waals surface area contributed by atoms with Crippen molar-refractivity contribution >= 4 is 16.2 Å². The van der Waals surface area contributed by atoms with E-state index in [1.807, 2.05) is 0 Å². The lowest BCUT2D eigenvalue weighted by atomic mass is 11.9. The molecule has 0 unspecified atom stereocenters. The first kappa shape index (κ1) is 12.5. The third-order valence-corrected chi connectivity index (χ3v) is 6.23. The summed E-state index contributed by atoms with van der Waals surface area (Å²) in [5.41, 5.74) is 0. The Labute approximate surface area is 66.4 Å². The molecule has 0 rings (SSSR count). The first-order valence-electron chi connectivity index (χ1n) is 2.04. The molecule has 0 spiro atoms. The van der Waals surface area contributed by atoms with Crippen LogP contribution in [-0.2, 0) is 9.74 Å². The largest absolute Gasteiger partial charge is 1.00 e. The van der Waals surface area contributed by atoms with E-state index in [0.29, 0.717) is 0 Å². The summed E-state index contributed by atoms with van der Waals surface area (Å²) < 4.78 is 28.9. The Kier molecular flexibility index (Phi) is 4.56. The van der Waals surface area contributed by atoms with Crippen LogP contribution in [0.3, 0.4) is 0 Å². The smallest absolute Gasteiger partial charge is 0.379 e. The number of hydrogen-bond acceptors (Lipinski definition) is 2. The zero-order chi connectivity index (χ0) is 7.00. The average Bonchev–Trinajstić information content (AvgIpc) is 1.25. The lowest BCUT2D eigenvalue weighted by Gasteiger charge is -2.03. The third-order valence-electron chi connectivity index (χ3n) is 0.692. The van der Waals surface area contributed by atoms with Gasteiger partial charge in [-0.3, -0.25) is 4.55 Å². The van der Waals surface area contributed by atoms with Crippen molar-refractivity contribution in [2.45, 2.75) is 0 Å². The molecular weight excluding hydrogens is 227 g/mol. The Hall–Kier alpha value is 0.820. The van der Waals surface area contributed by atoms with Crippen molar-refractivity contribution in [3.63, 3.8) is 0 Å². The summed E-state index contributed by atoms with van der Waals surface area (Å²) in [6.45, 7) is 2.56. The van der Waals surface area contributed by atoms with Gasteiger partial charge in [-0.25, -0.2) is 0 Å². The van der Waals surface area contributed by atoms with Gasteiger partial charge in [-0.05, 0) is 0 Å². The highest BCUT2D eigenvalue weighted by Gasteiger charge is 2.34. The molecule has 0 saturated carbocycles. The van der Waals surface area contributed by atoms with E-state index in [1.54, 1.807) is 20.0 Å². The molecule has 0 heterocycles. The Morgan fingerprint density at radius 1 is 1.22 bits per heavy atom. The highest BCUT2D eigenvalue weighted by atomic mass is 79.9. The van der Waals surface area contributed by atoms with E-state index in [2.05, 4.69) is 0 Å². The van der Waals surface area contributed by atoms with Gasteiger partial charge in [0, 0.05) is 0 Å².